The largest absolute Gasteiger partial charge is 0.369 e. The molecule has 1 N–H and O–H groups in total. The Morgan fingerprint density at radius 2 is 2.09 bits per heavy atom. The van der Waals surface area contributed by atoms with Gasteiger partial charge >= 0.3 is 0 Å². The summed E-state index contributed by atoms with van der Waals surface area (Å²) in [6, 6.07) is 14.4. The van der Waals surface area contributed by atoms with Crippen molar-refractivity contribution in [2.45, 2.75) is 16.6 Å². The van der Waals surface area contributed by atoms with E-state index in [4.69, 9.17) is 0 Å². The highest BCUT2D eigenvalue weighted by atomic mass is 32.3. The quantitative estimate of drug-likeness (QED) is 0.604. The summed E-state index contributed by atoms with van der Waals surface area (Å²) in [5.41, 5.74) is 2.07. The fraction of sp³-hybridized carbons (Fsp3) is 0.353. The number of nitrogens with one attached hydrogen (secondary N) is 1. The van der Waals surface area contributed by atoms with Crippen molar-refractivity contribution in [1.29, 1.82) is 0 Å². The van der Waals surface area contributed by atoms with Gasteiger partial charge in [0, 0.05) is 22.3 Å². The van der Waals surface area contributed by atoms with Gasteiger partial charge < -0.3 is 5.32 Å². The molecule has 122 valence electrons. The molecule has 1 fully saturated rings. The SMILES string of the molecule is CSc1ccc(-c2cccc(NCC3CCS3(C)N=O)n2)cc1. The third-order valence-electron chi connectivity index (χ3n) is 4.39. The second-order valence-corrected chi connectivity index (χ2v) is 10.1. The molecule has 0 amide bonds. The van der Waals surface area contributed by atoms with Gasteiger partial charge in [0.15, 0.2) is 0 Å². The number of pyridine rings is 1. The van der Waals surface area contributed by atoms with Crippen LogP contribution in [0.2, 0.25) is 0 Å². The second-order valence-electron chi connectivity index (χ2n) is 5.81. The molecule has 1 saturated heterocycles. The average Bonchev–Trinajstić information content (AvgIpc) is 2.60. The lowest BCUT2D eigenvalue weighted by Gasteiger charge is -2.45. The predicted molar refractivity (Wildman–Crippen MR) is 103 cm³/mol. The fourth-order valence-corrected chi connectivity index (χ4v) is 4.98. The van der Waals surface area contributed by atoms with Gasteiger partial charge in [0.05, 0.1) is 5.69 Å². The van der Waals surface area contributed by atoms with Gasteiger partial charge in [-0.25, -0.2) is 4.98 Å². The Morgan fingerprint density at radius 3 is 2.70 bits per heavy atom. The highest BCUT2D eigenvalue weighted by Crippen LogP contribution is 2.60. The van der Waals surface area contributed by atoms with Crippen LogP contribution in [0.5, 0.6) is 0 Å². The van der Waals surface area contributed by atoms with Crippen molar-refractivity contribution in [2.24, 2.45) is 4.58 Å². The van der Waals surface area contributed by atoms with Crippen LogP contribution >= 0.6 is 22.0 Å². The number of nitroso groups, excluding NO2 is 1. The molecule has 3 rings (SSSR count). The molecule has 0 spiro atoms. The molecule has 1 aliphatic rings. The first kappa shape index (κ1) is 16.3. The lowest BCUT2D eigenvalue weighted by Crippen LogP contribution is -2.36. The van der Waals surface area contributed by atoms with E-state index in [0.717, 1.165) is 35.8 Å². The van der Waals surface area contributed by atoms with Gasteiger partial charge in [-0.1, -0.05) is 18.2 Å². The van der Waals surface area contributed by atoms with Gasteiger partial charge in [0.25, 0.3) is 0 Å². The molecule has 4 nitrogen and oxygen atoms in total. The Morgan fingerprint density at radius 1 is 1.30 bits per heavy atom. The minimum atomic E-state index is -1.28. The molecule has 0 radical (unpaired) electrons. The van der Waals surface area contributed by atoms with E-state index in [1.807, 2.05) is 24.5 Å². The van der Waals surface area contributed by atoms with E-state index >= 15 is 0 Å². The first-order valence-corrected chi connectivity index (χ1v) is 11.0. The van der Waals surface area contributed by atoms with Crippen LogP contribution in [-0.2, 0) is 0 Å². The van der Waals surface area contributed by atoms with Crippen molar-refractivity contribution in [3.05, 3.63) is 47.4 Å². The van der Waals surface area contributed by atoms with Crippen molar-refractivity contribution in [2.75, 3.05) is 30.1 Å². The molecule has 0 aliphatic carbocycles. The van der Waals surface area contributed by atoms with Gasteiger partial charge in [0.1, 0.15) is 5.82 Å². The van der Waals surface area contributed by atoms with Crippen LogP contribution in [-0.4, -0.2) is 35.0 Å². The third kappa shape index (κ3) is 3.53. The fourth-order valence-electron chi connectivity index (χ4n) is 2.68. The van der Waals surface area contributed by atoms with Crippen molar-refractivity contribution < 1.29 is 0 Å². The molecule has 2 unspecified atom stereocenters. The second kappa shape index (κ2) is 6.93. The summed E-state index contributed by atoms with van der Waals surface area (Å²) >= 11 is 1.73. The number of aromatic nitrogens is 1. The number of benzene rings is 1. The molecule has 0 bridgehead atoms. The molecular formula is C17H21N3OS2. The van der Waals surface area contributed by atoms with Crippen molar-refractivity contribution in [3.8, 4) is 11.3 Å². The summed E-state index contributed by atoms with van der Waals surface area (Å²) in [4.78, 5) is 16.9. The number of hydrogen-bond acceptors (Lipinski definition) is 5. The maximum absolute atomic E-state index is 11.0. The molecule has 1 aliphatic heterocycles. The summed E-state index contributed by atoms with van der Waals surface area (Å²) in [5.74, 6) is 1.83. The zero-order valence-electron chi connectivity index (χ0n) is 13.4. The molecule has 1 aromatic heterocycles. The van der Waals surface area contributed by atoms with Crippen LogP contribution in [0.1, 0.15) is 6.42 Å². The Hall–Kier alpha value is -1.53. The number of thioether (sulfide) groups is 1. The molecule has 2 atom stereocenters. The average molecular weight is 348 g/mol. The lowest BCUT2D eigenvalue weighted by molar-refractivity contribution is 0.786. The molecular weight excluding hydrogens is 326 g/mol. The first-order chi connectivity index (χ1) is 11.1. The van der Waals surface area contributed by atoms with Gasteiger partial charge in [-0.15, -0.1) is 26.9 Å². The summed E-state index contributed by atoms with van der Waals surface area (Å²) in [7, 11) is -1.28. The van der Waals surface area contributed by atoms with E-state index in [1.54, 1.807) is 11.8 Å². The minimum absolute atomic E-state index is 0.381. The zero-order valence-corrected chi connectivity index (χ0v) is 15.0. The van der Waals surface area contributed by atoms with Crippen molar-refractivity contribution in [3.63, 3.8) is 0 Å². The summed E-state index contributed by atoms with van der Waals surface area (Å²) in [6.07, 6.45) is 5.18. The van der Waals surface area contributed by atoms with Crippen LogP contribution in [0.3, 0.4) is 0 Å². The van der Waals surface area contributed by atoms with E-state index in [1.165, 1.54) is 4.90 Å². The van der Waals surface area contributed by atoms with Gasteiger partial charge in [0.2, 0.25) is 0 Å². The lowest BCUT2D eigenvalue weighted by atomic mass is 10.1. The van der Waals surface area contributed by atoms with Gasteiger partial charge in [-0.05, 0) is 53.5 Å². The monoisotopic (exact) mass is 347 g/mol. The highest BCUT2D eigenvalue weighted by Gasteiger charge is 2.39. The molecule has 1 aromatic carbocycles. The number of hydrogen-bond donors (Lipinski definition) is 1. The smallest absolute Gasteiger partial charge is 0.126 e. The normalized spacial score (nSPS) is 25.9. The molecule has 6 heteroatoms. The Kier molecular flexibility index (Phi) is 4.92. The van der Waals surface area contributed by atoms with E-state index in [9.17, 15) is 4.91 Å². The molecule has 2 aromatic rings. The first-order valence-electron chi connectivity index (χ1n) is 7.59. The molecule has 2 heterocycles. The van der Waals surface area contributed by atoms with Crippen molar-refractivity contribution in [1.82, 2.24) is 4.98 Å². The van der Waals surface area contributed by atoms with Crippen LogP contribution in [0.15, 0.2) is 51.9 Å². The summed E-state index contributed by atoms with van der Waals surface area (Å²) < 4.78 is 3.37. The summed E-state index contributed by atoms with van der Waals surface area (Å²) in [6.45, 7) is 0.777. The topological polar surface area (TPSA) is 54.4 Å². The Labute approximate surface area is 142 Å². The zero-order chi connectivity index (χ0) is 16.3. The van der Waals surface area contributed by atoms with E-state index < -0.39 is 10.2 Å². The predicted octanol–water partition coefficient (Wildman–Crippen LogP) is 4.77. The molecule has 23 heavy (non-hydrogen) atoms. The van der Waals surface area contributed by atoms with Gasteiger partial charge in [-0.3, -0.25) is 0 Å². The third-order valence-corrected chi connectivity index (χ3v) is 8.37. The standard InChI is InChI=1S/C17H21N3OS2/c1-22-14-8-6-13(7-9-14)16-4-3-5-17(19-16)18-12-15-10-11-23(15,2)20-21/h3-9,15H,10-12H2,1-2H3,(H,18,19). The number of anilines is 1. The maximum Gasteiger partial charge on any atom is 0.126 e. The highest BCUT2D eigenvalue weighted by molar-refractivity contribution is 8.33. The Balaban J connectivity index is 1.68. The molecule has 0 saturated carbocycles. The van der Waals surface area contributed by atoms with Gasteiger partial charge in [-0.2, -0.15) is 0 Å². The van der Waals surface area contributed by atoms with Crippen molar-refractivity contribution >= 4 is 27.8 Å². The number of rotatable bonds is 6. The van der Waals surface area contributed by atoms with E-state index in [2.05, 4.69) is 45.4 Å². The van der Waals surface area contributed by atoms with Crippen LogP contribution in [0, 0.1) is 4.91 Å². The van der Waals surface area contributed by atoms with Crippen LogP contribution in [0.25, 0.3) is 11.3 Å². The van der Waals surface area contributed by atoms with Crippen LogP contribution in [0.4, 0.5) is 5.82 Å². The van der Waals surface area contributed by atoms with Crippen LogP contribution < -0.4 is 5.32 Å². The number of nitrogens with zero attached hydrogens (tertiary/aromatic N) is 2. The van der Waals surface area contributed by atoms with E-state index in [0.29, 0.717) is 5.25 Å². The minimum Gasteiger partial charge on any atom is -0.369 e. The summed E-state index contributed by atoms with van der Waals surface area (Å²) in [5, 5.41) is 3.76. The maximum atomic E-state index is 11.0. The Bertz CT molecular complexity index is 692. The van der Waals surface area contributed by atoms with E-state index in [-0.39, 0.29) is 0 Å².